The number of carbonyl (C=O) groups is 1. The Bertz CT molecular complexity index is 1070. The third-order valence-corrected chi connectivity index (χ3v) is 5.96. The molecule has 174 valence electrons. The fourth-order valence-corrected chi connectivity index (χ4v) is 3.97. The molecule has 0 unspecified atom stereocenters. The van der Waals surface area contributed by atoms with E-state index in [2.05, 4.69) is 10.00 Å². The topological polar surface area (TPSA) is 69.1 Å². The summed E-state index contributed by atoms with van der Waals surface area (Å²) in [5, 5.41) is 5.17. The molecule has 0 aliphatic carbocycles. The van der Waals surface area contributed by atoms with Crippen LogP contribution in [-0.4, -0.2) is 65.9 Å². The molecular formula is C24H27ClN4O4. The van der Waals surface area contributed by atoms with Gasteiger partial charge in [0.25, 0.3) is 5.91 Å². The molecule has 1 aromatic heterocycles. The molecule has 1 aliphatic rings. The van der Waals surface area contributed by atoms with E-state index < -0.39 is 0 Å². The lowest BCUT2D eigenvalue weighted by molar-refractivity contribution is 0.0620. The first-order valence-electron chi connectivity index (χ1n) is 10.7. The smallest absolute Gasteiger partial charge is 0.274 e. The van der Waals surface area contributed by atoms with Crippen LogP contribution in [0.3, 0.4) is 0 Å². The number of ether oxygens (including phenoxy) is 3. The van der Waals surface area contributed by atoms with Gasteiger partial charge in [-0.25, -0.2) is 4.68 Å². The zero-order valence-corrected chi connectivity index (χ0v) is 19.5. The van der Waals surface area contributed by atoms with Crippen LogP contribution in [0.5, 0.6) is 17.2 Å². The maximum atomic E-state index is 12.9. The third kappa shape index (κ3) is 5.40. The highest BCUT2D eigenvalue weighted by atomic mass is 35.5. The predicted molar refractivity (Wildman–Crippen MR) is 125 cm³/mol. The lowest BCUT2D eigenvalue weighted by Gasteiger charge is -2.34. The van der Waals surface area contributed by atoms with Crippen LogP contribution in [0.25, 0.3) is 0 Å². The number of para-hydroxylation sites is 1. The number of hydrogen-bond donors (Lipinski definition) is 0. The number of halogens is 1. The molecular weight excluding hydrogens is 444 g/mol. The second kappa shape index (κ2) is 10.6. The quantitative estimate of drug-likeness (QED) is 0.501. The summed E-state index contributed by atoms with van der Waals surface area (Å²) in [5.41, 5.74) is 1.49. The normalized spacial score (nSPS) is 14.2. The van der Waals surface area contributed by atoms with Gasteiger partial charge in [-0.3, -0.25) is 9.69 Å². The molecule has 33 heavy (non-hydrogen) atoms. The number of carbonyl (C=O) groups excluding carboxylic acids is 1. The van der Waals surface area contributed by atoms with Crippen molar-refractivity contribution in [3.8, 4) is 17.2 Å². The van der Waals surface area contributed by atoms with Gasteiger partial charge in [0.15, 0.2) is 23.9 Å². The molecule has 9 heteroatoms. The molecule has 0 bridgehead atoms. The van der Waals surface area contributed by atoms with Crippen LogP contribution in [0, 0.1) is 0 Å². The van der Waals surface area contributed by atoms with Gasteiger partial charge in [-0.05, 0) is 29.8 Å². The van der Waals surface area contributed by atoms with Gasteiger partial charge >= 0.3 is 0 Å². The molecule has 3 aromatic rings. The Morgan fingerprint density at radius 1 is 0.970 bits per heavy atom. The summed E-state index contributed by atoms with van der Waals surface area (Å²) in [7, 11) is 3.14. The van der Waals surface area contributed by atoms with E-state index in [0.717, 1.165) is 30.2 Å². The maximum Gasteiger partial charge on any atom is 0.274 e. The summed E-state index contributed by atoms with van der Waals surface area (Å²) in [6.07, 6.45) is 1.72. The van der Waals surface area contributed by atoms with Gasteiger partial charge in [0.2, 0.25) is 5.75 Å². The highest BCUT2D eigenvalue weighted by Gasteiger charge is 2.24. The molecule has 1 fully saturated rings. The number of rotatable bonds is 8. The summed E-state index contributed by atoms with van der Waals surface area (Å²) < 4.78 is 18.1. The van der Waals surface area contributed by atoms with E-state index in [1.54, 1.807) is 43.3 Å². The van der Waals surface area contributed by atoms with E-state index in [1.807, 2.05) is 35.2 Å². The monoisotopic (exact) mass is 470 g/mol. The van der Waals surface area contributed by atoms with Gasteiger partial charge in [0.1, 0.15) is 0 Å². The average molecular weight is 471 g/mol. The fourth-order valence-electron chi connectivity index (χ4n) is 3.78. The Labute approximate surface area is 198 Å². The van der Waals surface area contributed by atoms with Gasteiger partial charge in [-0.15, -0.1) is 0 Å². The third-order valence-electron chi connectivity index (χ3n) is 5.59. The number of piperazine rings is 1. The molecule has 1 aliphatic heterocycles. The van der Waals surface area contributed by atoms with Crippen LogP contribution in [0.2, 0.25) is 5.02 Å². The molecule has 2 heterocycles. The van der Waals surface area contributed by atoms with E-state index in [-0.39, 0.29) is 12.6 Å². The SMILES string of the molecule is COc1cccc(OC)c1OCn1ccc(C(=O)N2CCN(Cc3ccccc3Cl)CC2)n1. The van der Waals surface area contributed by atoms with Gasteiger partial charge in [-0.1, -0.05) is 35.9 Å². The first-order chi connectivity index (χ1) is 16.1. The van der Waals surface area contributed by atoms with E-state index in [1.165, 1.54) is 0 Å². The summed E-state index contributed by atoms with van der Waals surface area (Å²) in [6.45, 7) is 3.76. The van der Waals surface area contributed by atoms with Crippen LogP contribution >= 0.6 is 11.6 Å². The van der Waals surface area contributed by atoms with Crippen molar-refractivity contribution in [1.82, 2.24) is 19.6 Å². The summed E-state index contributed by atoms with van der Waals surface area (Å²) in [4.78, 5) is 17.1. The zero-order chi connectivity index (χ0) is 23.2. The average Bonchev–Trinajstić information content (AvgIpc) is 3.33. The van der Waals surface area contributed by atoms with Crippen molar-refractivity contribution >= 4 is 17.5 Å². The van der Waals surface area contributed by atoms with Crippen LogP contribution < -0.4 is 14.2 Å². The number of nitrogens with zero attached hydrogens (tertiary/aromatic N) is 4. The Kier molecular flexibility index (Phi) is 7.36. The summed E-state index contributed by atoms with van der Waals surface area (Å²) in [5.74, 6) is 1.53. The Balaban J connectivity index is 1.32. The van der Waals surface area contributed by atoms with E-state index in [0.29, 0.717) is 36.0 Å². The molecule has 1 saturated heterocycles. The Hall–Kier alpha value is -3.23. The van der Waals surface area contributed by atoms with Crippen molar-refractivity contribution in [1.29, 1.82) is 0 Å². The molecule has 0 N–H and O–H groups in total. The lowest BCUT2D eigenvalue weighted by atomic mass is 10.2. The molecule has 0 radical (unpaired) electrons. The van der Waals surface area contributed by atoms with Crippen LogP contribution in [-0.2, 0) is 13.3 Å². The van der Waals surface area contributed by atoms with Gasteiger partial charge in [0.05, 0.1) is 14.2 Å². The first-order valence-corrected chi connectivity index (χ1v) is 11.1. The number of hydrogen-bond acceptors (Lipinski definition) is 6. The molecule has 0 atom stereocenters. The largest absolute Gasteiger partial charge is 0.493 e. The molecule has 0 spiro atoms. The van der Waals surface area contributed by atoms with Crippen LogP contribution in [0.15, 0.2) is 54.7 Å². The highest BCUT2D eigenvalue weighted by Crippen LogP contribution is 2.36. The minimum absolute atomic E-state index is 0.0824. The summed E-state index contributed by atoms with van der Waals surface area (Å²) in [6, 6.07) is 15.0. The Morgan fingerprint density at radius 3 is 2.33 bits per heavy atom. The van der Waals surface area contributed by atoms with Gasteiger partial charge < -0.3 is 19.1 Å². The van der Waals surface area contributed by atoms with Crippen molar-refractivity contribution in [2.75, 3.05) is 40.4 Å². The van der Waals surface area contributed by atoms with Crippen molar-refractivity contribution in [2.24, 2.45) is 0 Å². The molecule has 4 rings (SSSR count). The zero-order valence-electron chi connectivity index (χ0n) is 18.7. The first kappa shape index (κ1) is 22.9. The van der Waals surface area contributed by atoms with E-state index in [4.69, 9.17) is 25.8 Å². The standard InChI is InChI=1S/C24H27ClN4O4/c1-31-21-8-5-9-22(32-2)23(21)33-17-29-11-10-20(26-29)24(30)28-14-12-27(13-15-28)16-18-6-3-4-7-19(18)25/h3-11H,12-17H2,1-2H3. The number of benzene rings is 2. The van der Waals surface area contributed by atoms with Crippen molar-refractivity contribution in [3.05, 3.63) is 71.0 Å². The molecule has 0 saturated carbocycles. The molecule has 1 amide bonds. The minimum Gasteiger partial charge on any atom is -0.493 e. The lowest BCUT2D eigenvalue weighted by Crippen LogP contribution is -2.48. The summed E-state index contributed by atoms with van der Waals surface area (Å²) >= 11 is 6.28. The fraction of sp³-hybridized carbons (Fsp3) is 0.333. The Morgan fingerprint density at radius 2 is 1.67 bits per heavy atom. The minimum atomic E-state index is -0.0824. The number of methoxy groups -OCH3 is 2. The van der Waals surface area contributed by atoms with Gasteiger partial charge in [0, 0.05) is 43.9 Å². The van der Waals surface area contributed by atoms with E-state index >= 15 is 0 Å². The molecule has 2 aromatic carbocycles. The maximum absolute atomic E-state index is 12.9. The second-order valence-electron chi connectivity index (χ2n) is 7.67. The van der Waals surface area contributed by atoms with E-state index in [9.17, 15) is 4.79 Å². The predicted octanol–water partition coefficient (Wildman–Crippen LogP) is 3.55. The molecule has 8 nitrogen and oxygen atoms in total. The second-order valence-corrected chi connectivity index (χ2v) is 8.07. The van der Waals surface area contributed by atoms with Crippen molar-refractivity contribution < 1.29 is 19.0 Å². The van der Waals surface area contributed by atoms with Crippen LogP contribution in [0.4, 0.5) is 0 Å². The number of amides is 1. The van der Waals surface area contributed by atoms with Crippen molar-refractivity contribution in [2.45, 2.75) is 13.3 Å². The van der Waals surface area contributed by atoms with Gasteiger partial charge in [-0.2, -0.15) is 5.10 Å². The van der Waals surface area contributed by atoms with Crippen molar-refractivity contribution in [3.63, 3.8) is 0 Å². The number of aromatic nitrogens is 2. The van der Waals surface area contributed by atoms with Crippen LogP contribution in [0.1, 0.15) is 16.1 Å². The highest BCUT2D eigenvalue weighted by molar-refractivity contribution is 6.31.